The normalized spacial score (nSPS) is 26.1. The number of amides is 5. The molecule has 0 aromatic heterocycles. The second-order valence-corrected chi connectivity index (χ2v) is 15.7. The fourth-order valence-electron chi connectivity index (χ4n) is 7.55. The highest BCUT2D eigenvalue weighted by atomic mass is 19.1. The number of hydrogen-bond acceptors (Lipinski definition) is 8. The van der Waals surface area contributed by atoms with Gasteiger partial charge in [0.15, 0.2) is 5.75 Å². The summed E-state index contributed by atoms with van der Waals surface area (Å²) < 4.78 is 25.8. The maximum absolute atomic E-state index is 14.4. The molecule has 286 valence electrons. The van der Waals surface area contributed by atoms with Crippen LogP contribution in [0.3, 0.4) is 0 Å². The predicted octanol–water partition coefficient (Wildman–Crippen LogP) is 5.18. The Hall–Kier alpha value is -4.88. The monoisotopic (exact) mass is 735 g/mol. The molecular formula is C39H50FN5O8. The summed E-state index contributed by atoms with van der Waals surface area (Å²) in [7, 11) is 0. The summed E-state index contributed by atoms with van der Waals surface area (Å²) in [6.07, 6.45) is 3.17. The molecule has 3 aliphatic heterocycles. The Morgan fingerprint density at radius 2 is 1.68 bits per heavy atom. The number of nitrogens with zero attached hydrogens (tertiary/aromatic N) is 2. The van der Waals surface area contributed by atoms with Crippen LogP contribution in [0, 0.1) is 18.7 Å². The molecule has 1 aliphatic carbocycles. The Bertz CT molecular complexity index is 1710. The minimum Gasteiger partial charge on any atom is -0.444 e. The fourth-order valence-corrected chi connectivity index (χ4v) is 7.55. The number of hydrogen-bond donors (Lipinski definition) is 3. The largest absolute Gasteiger partial charge is 0.444 e. The van der Waals surface area contributed by atoms with E-state index in [0.29, 0.717) is 42.6 Å². The van der Waals surface area contributed by atoms with Gasteiger partial charge in [-0.2, -0.15) is 5.48 Å². The third-order valence-corrected chi connectivity index (χ3v) is 10.5. The van der Waals surface area contributed by atoms with E-state index in [1.165, 1.54) is 15.9 Å². The maximum Gasteiger partial charge on any atom is 0.410 e. The van der Waals surface area contributed by atoms with Crippen LogP contribution in [0.5, 0.6) is 5.75 Å². The first-order valence-corrected chi connectivity index (χ1v) is 18.6. The van der Waals surface area contributed by atoms with E-state index in [2.05, 4.69) is 16.1 Å². The molecule has 0 spiro atoms. The highest BCUT2D eigenvalue weighted by Crippen LogP contribution is 2.47. The summed E-state index contributed by atoms with van der Waals surface area (Å²) >= 11 is 0. The Morgan fingerprint density at radius 3 is 2.40 bits per heavy atom. The summed E-state index contributed by atoms with van der Waals surface area (Å²) in [5.41, 5.74) is 2.60. The van der Waals surface area contributed by atoms with Crippen LogP contribution in [0.25, 0.3) is 0 Å². The number of fused-ring (bicyclic) bond motifs is 3. The van der Waals surface area contributed by atoms with Crippen molar-refractivity contribution in [3.8, 4) is 5.75 Å². The molecule has 53 heavy (non-hydrogen) atoms. The SMILES string of the molecule is Cc1ccc(ONC(=O)[C@@]23C[C@H]2CCCCCCCC(NC(=O)OC(C)(C)C)C(=O)N2C[C@H](OC(=O)N4Cc5cccc(F)c5C4)C[C@H]2C(=O)N3)cc1. The van der Waals surface area contributed by atoms with Crippen molar-refractivity contribution in [3.05, 3.63) is 65.0 Å². The van der Waals surface area contributed by atoms with Crippen LogP contribution in [-0.4, -0.2) is 75.6 Å². The van der Waals surface area contributed by atoms with Crippen molar-refractivity contribution >= 4 is 29.9 Å². The number of halogens is 1. The first-order valence-electron chi connectivity index (χ1n) is 18.6. The third kappa shape index (κ3) is 9.02. The molecule has 5 atom stereocenters. The number of carbonyl (C=O) groups excluding carboxylic acids is 5. The molecule has 0 radical (unpaired) electrons. The van der Waals surface area contributed by atoms with E-state index >= 15 is 0 Å². The Balaban J connectivity index is 1.23. The van der Waals surface area contributed by atoms with Crippen LogP contribution < -0.4 is 21.0 Å². The van der Waals surface area contributed by atoms with E-state index in [1.807, 2.05) is 19.1 Å². The van der Waals surface area contributed by atoms with Gasteiger partial charge in [-0.15, -0.1) is 0 Å². The van der Waals surface area contributed by atoms with Crippen molar-refractivity contribution in [2.75, 3.05) is 6.54 Å². The Labute approximate surface area is 309 Å². The molecule has 13 nitrogen and oxygen atoms in total. The van der Waals surface area contributed by atoms with Crippen molar-refractivity contribution in [3.63, 3.8) is 0 Å². The zero-order valence-electron chi connectivity index (χ0n) is 30.9. The van der Waals surface area contributed by atoms with E-state index < -0.39 is 65.1 Å². The van der Waals surface area contributed by atoms with Gasteiger partial charge < -0.3 is 29.8 Å². The fraction of sp³-hybridized carbons (Fsp3) is 0.564. The molecule has 2 aromatic rings. The van der Waals surface area contributed by atoms with Gasteiger partial charge in [0.25, 0.3) is 5.91 Å². The molecule has 0 bridgehead atoms. The highest BCUT2D eigenvalue weighted by molar-refractivity contribution is 5.98. The molecular weight excluding hydrogens is 685 g/mol. The molecule has 5 amide bonds. The molecule has 1 unspecified atom stereocenters. The number of hydroxylamine groups is 1. The van der Waals surface area contributed by atoms with Gasteiger partial charge in [0.1, 0.15) is 35.1 Å². The number of aryl methyl sites for hydroxylation is 1. The van der Waals surface area contributed by atoms with Crippen LogP contribution in [-0.2, 0) is 36.9 Å². The lowest BCUT2D eigenvalue weighted by Gasteiger charge is -2.30. The van der Waals surface area contributed by atoms with Gasteiger partial charge in [-0.05, 0) is 76.6 Å². The molecule has 3 N–H and O–H groups in total. The number of benzene rings is 2. The van der Waals surface area contributed by atoms with E-state index in [4.69, 9.17) is 14.3 Å². The van der Waals surface area contributed by atoms with E-state index in [0.717, 1.165) is 31.2 Å². The second-order valence-electron chi connectivity index (χ2n) is 15.7. The van der Waals surface area contributed by atoms with Gasteiger partial charge in [0.05, 0.1) is 13.1 Å². The zero-order valence-corrected chi connectivity index (χ0v) is 30.9. The van der Waals surface area contributed by atoms with Crippen molar-refractivity contribution in [1.82, 2.24) is 25.9 Å². The number of alkyl carbamates (subject to hydrolysis) is 1. The van der Waals surface area contributed by atoms with Gasteiger partial charge in [-0.1, -0.05) is 61.9 Å². The minimum absolute atomic E-state index is 0.0334. The lowest BCUT2D eigenvalue weighted by atomic mass is 10.0. The molecule has 4 aliphatic rings. The maximum atomic E-state index is 14.4. The van der Waals surface area contributed by atoms with E-state index in [1.54, 1.807) is 45.0 Å². The molecule has 3 heterocycles. The van der Waals surface area contributed by atoms with E-state index in [-0.39, 0.29) is 32.0 Å². The van der Waals surface area contributed by atoms with Gasteiger partial charge in [-0.25, -0.2) is 14.0 Å². The van der Waals surface area contributed by atoms with Gasteiger partial charge in [-0.3, -0.25) is 19.3 Å². The third-order valence-electron chi connectivity index (χ3n) is 10.5. The van der Waals surface area contributed by atoms with Gasteiger partial charge in [0, 0.05) is 18.5 Å². The molecule has 2 aromatic carbocycles. The first kappa shape index (κ1) is 37.9. The minimum atomic E-state index is -1.26. The average Bonchev–Trinajstić information content (AvgIpc) is 3.39. The number of carbonyl (C=O) groups is 5. The second kappa shape index (κ2) is 15.6. The van der Waals surface area contributed by atoms with Crippen LogP contribution in [0.4, 0.5) is 14.0 Å². The zero-order chi connectivity index (χ0) is 37.9. The highest BCUT2D eigenvalue weighted by Gasteiger charge is 2.62. The average molecular weight is 736 g/mol. The number of ether oxygens (including phenoxy) is 2. The summed E-state index contributed by atoms with van der Waals surface area (Å²) in [6, 6.07) is 9.72. The predicted molar refractivity (Wildman–Crippen MR) is 190 cm³/mol. The molecule has 14 heteroatoms. The smallest absolute Gasteiger partial charge is 0.410 e. The van der Waals surface area contributed by atoms with E-state index in [9.17, 15) is 28.4 Å². The lowest BCUT2D eigenvalue weighted by Crippen LogP contribution is -2.58. The summed E-state index contributed by atoms with van der Waals surface area (Å²) in [4.78, 5) is 77.0. The van der Waals surface area contributed by atoms with Crippen LogP contribution in [0.15, 0.2) is 42.5 Å². The summed E-state index contributed by atoms with van der Waals surface area (Å²) in [6.45, 7) is 7.18. The van der Waals surface area contributed by atoms with Crippen molar-refractivity contribution < 1.29 is 42.7 Å². The molecule has 3 fully saturated rings. The van der Waals surface area contributed by atoms with Crippen LogP contribution in [0.2, 0.25) is 0 Å². The Kier molecular flexibility index (Phi) is 11.2. The van der Waals surface area contributed by atoms with Crippen LogP contribution in [0.1, 0.15) is 95.2 Å². The summed E-state index contributed by atoms with van der Waals surface area (Å²) in [5, 5.41) is 5.70. The topological polar surface area (TPSA) is 156 Å². The van der Waals surface area contributed by atoms with Crippen molar-refractivity contribution in [2.45, 2.75) is 128 Å². The Morgan fingerprint density at radius 1 is 0.962 bits per heavy atom. The molecule has 2 saturated heterocycles. The molecule has 1 saturated carbocycles. The van der Waals surface area contributed by atoms with Gasteiger partial charge >= 0.3 is 12.2 Å². The number of nitrogens with one attached hydrogen (secondary N) is 3. The first-order chi connectivity index (χ1) is 25.2. The van der Waals surface area contributed by atoms with Crippen molar-refractivity contribution in [2.24, 2.45) is 5.92 Å². The summed E-state index contributed by atoms with van der Waals surface area (Å²) in [5.74, 6) is -1.71. The molecule has 6 rings (SSSR count). The van der Waals surface area contributed by atoms with Crippen LogP contribution >= 0.6 is 0 Å². The standard InChI is InChI=1S/C39H50FN5O8/c1-24-15-17-27(18-16-24)53-43-35(48)39-20-26(39)12-8-6-5-7-9-14-31(41-36(49)52-38(2,3)4)34(47)45-22-28(19-32(45)33(46)42-39)51-37(50)44-21-25-11-10-13-30(40)29(25)23-44/h10-11,13,15-18,26,28,31-32H,5-9,12,14,19-23H2,1-4H3,(H,41,49)(H,42,46)(H,43,48)/t26-,28-,31?,32+,39-/m1/s1. The quantitative estimate of drug-likeness (QED) is 0.355. The van der Waals surface area contributed by atoms with Gasteiger partial charge in [0.2, 0.25) is 11.8 Å². The lowest BCUT2D eigenvalue weighted by molar-refractivity contribution is -0.142. The van der Waals surface area contributed by atoms with Crippen molar-refractivity contribution in [1.29, 1.82) is 0 Å². The number of rotatable bonds is 5.